The van der Waals surface area contributed by atoms with Gasteiger partial charge in [0.25, 0.3) is 0 Å². The van der Waals surface area contributed by atoms with Crippen molar-refractivity contribution in [1.82, 2.24) is 4.90 Å². The maximum atomic E-state index is 5.59. The molecule has 0 atom stereocenters. The SMILES string of the molecule is CCCC(CCC)CN(CC)CCN. The lowest BCUT2D eigenvalue weighted by molar-refractivity contribution is 0.230. The molecular weight excluding hydrogens is 172 g/mol. The molecule has 0 aromatic rings. The number of hydrogen-bond donors (Lipinski definition) is 1. The van der Waals surface area contributed by atoms with E-state index in [-0.39, 0.29) is 0 Å². The molecule has 0 aliphatic carbocycles. The van der Waals surface area contributed by atoms with Crippen LogP contribution in [0.15, 0.2) is 0 Å². The van der Waals surface area contributed by atoms with Crippen LogP contribution in [-0.2, 0) is 0 Å². The molecule has 2 heteroatoms. The van der Waals surface area contributed by atoms with Crippen molar-refractivity contribution in [2.75, 3.05) is 26.2 Å². The Bertz CT molecular complexity index is 109. The van der Waals surface area contributed by atoms with Crippen LogP contribution in [0.3, 0.4) is 0 Å². The third-order valence-corrected chi connectivity index (χ3v) is 2.80. The fourth-order valence-corrected chi connectivity index (χ4v) is 2.07. The molecule has 0 aliphatic heterocycles. The zero-order valence-corrected chi connectivity index (χ0v) is 10.3. The average Bonchev–Trinajstić information content (AvgIpc) is 2.18. The van der Waals surface area contributed by atoms with Crippen LogP contribution in [0.2, 0.25) is 0 Å². The molecule has 2 nitrogen and oxygen atoms in total. The highest BCUT2D eigenvalue weighted by Gasteiger charge is 2.10. The molecular formula is C12H28N2. The summed E-state index contributed by atoms with van der Waals surface area (Å²) in [6.07, 6.45) is 5.36. The van der Waals surface area contributed by atoms with E-state index in [2.05, 4.69) is 25.7 Å². The number of likely N-dealkylation sites (N-methyl/N-ethyl adjacent to an activating group) is 1. The lowest BCUT2D eigenvalue weighted by Gasteiger charge is -2.25. The number of hydrogen-bond acceptors (Lipinski definition) is 2. The maximum absolute atomic E-state index is 5.59. The molecule has 0 saturated heterocycles. The smallest absolute Gasteiger partial charge is 0.0105 e. The van der Waals surface area contributed by atoms with E-state index < -0.39 is 0 Å². The Morgan fingerprint density at radius 3 is 2.00 bits per heavy atom. The minimum absolute atomic E-state index is 0.790. The van der Waals surface area contributed by atoms with Gasteiger partial charge < -0.3 is 10.6 Å². The van der Waals surface area contributed by atoms with E-state index in [4.69, 9.17) is 5.73 Å². The van der Waals surface area contributed by atoms with Gasteiger partial charge in [0, 0.05) is 19.6 Å². The predicted molar refractivity (Wildman–Crippen MR) is 64.5 cm³/mol. The summed E-state index contributed by atoms with van der Waals surface area (Å²) in [7, 11) is 0. The molecule has 0 aromatic carbocycles. The number of rotatable bonds is 9. The summed E-state index contributed by atoms with van der Waals surface area (Å²) in [4.78, 5) is 2.48. The molecule has 0 amide bonds. The van der Waals surface area contributed by atoms with Gasteiger partial charge in [-0.15, -0.1) is 0 Å². The van der Waals surface area contributed by atoms with E-state index in [1.165, 1.54) is 32.2 Å². The summed E-state index contributed by atoms with van der Waals surface area (Å²) < 4.78 is 0. The minimum Gasteiger partial charge on any atom is -0.329 e. The van der Waals surface area contributed by atoms with Crippen molar-refractivity contribution < 1.29 is 0 Å². The van der Waals surface area contributed by atoms with Gasteiger partial charge in [-0.1, -0.05) is 33.6 Å². The second-order valence-corrected chi connectivity index (χ2v) is 4.13. The van der Waals surface area contributed by atoms with Crippen LogP contribution in [0.25, 0.3) is 0 Å². The molecule has 0 spiro atoms. The molecule has 2 N–H and O–H groups in total. The highest BCUT2D eigenvalue weighted by atomic mass is 15.1. The third kappa shape index (κ3) is 6.39. The Kier molecular flexibility index (Phi) is 9.42. The van der Waals surface area contributed by atoms with Gasteiger partial charge in [0.05, 0.1) is 0 Å². The van der Waals surface area contributed by atoms with Gasteiger partial charge in [-0.3, -0.25) is 0 Å². The van der Waals surface area contributed by atoms with Gasteiger partial charge in [-0.25, -0.2) is 0 Å². The second kappa shape index (κ2) is 9.47. The molecule has 0 rings (SSSR count). The van der Waals surface area contributed by atoms with Crippen LogP contribution in [-0.4, -0.2) is 31.1 Å². The van der Waals surface area contributed by atoms with Gasteiger partial charge in [0.2, 0.25) is 0 Å². The molecule has 0 unspecified atom stereocenters. The highest BCUT2D eigenvalue weighted by molar-refractivity contribution is 4.65. The first-order valence-corrected chi connectivity index (χ1v) is 6.20. The summed E-state index contributed by atoms with van der Waals surface area (Å²) in [5, 5.41) is 0. The van der Waals surface area contributed by atoms with E-state index in [0.29, 0.717) is 0 Å². The first kappa shape index (κ1) is 13.9. The topological polar surface area (TPSA) is 29.3 Å². The van der Waals surface area contributed by atoms with Crippen LogP contribution in [0.1, 0.15) is 46.5 Å². The Morgan fingerprint density at radius 1 is 1.07 bits per heavy atom. The van der Waals surface area contributed by atoms with Crippen molar-refractivity contribution in [3.05, 3.63) is 0 Å². The molecule has 0 bridgehead atoms. The van der Waals surface area contributed by atoms with Crippen LogP contribution < -0.4 is 5.73 Å². The Hall–Kier alpha value is -0.0800. The average molecular weight is 200 g/mol. The van der Waals surface area contributed by atoms with E-state index in [1.54, 1.807) is 0 Å². The molecule has 0 fully saturated rings. The Morgan fingerprint density at radius 2 is 1.64 bits per heavy atom. The van der Waals surface area contributed by atoms with Crippen LogP contribution in [0, 0.1) is 5.92 Å². The van der Waals surface area contributed by atoms with Crippen LogP contribution in [0.5, 0.6) is 0 Å². The molecule has 0 aromatic heterocycles. The first-order valence-electron chi connectivity index (χ1n) is 6.20. The number of nitrogens with zero attached hydrogens (tertiary/aromatic N) is 1. The highest BCUT2D eigenvalue weighted by Crippen LogP contribution is 2.14. The fourth-order valence-electron chi connectivity index (χ4n) is 2.07. The van der Waals surface area contributed by atoms with Gasteiger partial charge in [-0.2, -0.15) is 0 Å². The van der Waals surface area contributed by atoms with Crippen molar-refractivity contribution in [3.63, 3.8) is 0 Å². The van der Waals surface area contributed by atoms with Crippen LogP contribution in [0.4, 0.5) is 0 Å². The largest absolute Gasteiger partial charge is 0.329 e. The van der Waals surface area contributed by atoms with Crippen molar-refractivity contribution in [1.29, 1.82) is 0 Å². The normalized spacial score (nSPS) is 11.6. The summed E-state index contributed by atoms with van der Waals surface area (Å²) in [5.41, 5.74) is 5.59. The standard InChI is InChI=1S/C12H28N2/c1-4-7-12(8-5-2)11-14(6-3)10-9-13/h12H,4-11,13H2,1-3H3. The van der Waals surface area contributed by atoms with E-state index >= 15 is 0 Å². The monoisotopic (exact) mass is 200 g/mol. The van der Waals surface area contributed by atoms with Crippen molar-refractivity contribution in [3.8, 4) is 0 Å². The minimum atomic E-state index is 0.790. The van der Waals surface area contributed by atoms with Gasteiger partial charge in [0.1, 0.15) is 0 Å². The number of nitrogens with two attached hydrogens (primary N) is 1. The molecule has 0 heterocycles. The van der Waals surface area contributed by atoms with Crippen molar-refractivity contribution >= 4 is 0 Å². The molecule has 0 saturated carbocycles. The van der Waals surface area contributed by atoms with E-state index in [0.717, 1.165) is 25.6 Å². The van der Waals surface area contributed by atoms with Crippen LogP contribution >= 0.6 is 0 Å². The van der Waals surface area contributed by atoms with Gasteiger partial charge >= 0.3 is 0 Å². The molecule has 0 radical (unpaired) electrons. The van der Waals surface area contributed by atoms with Gasteiger partial charge in [-0.05, 0) is 25.3 Å². The summed E-state index contributed by atoms with van der Waals surface area (Å²) in [6, 6.07) is 0. The maximum Gasteiger partial charge on any atom is 0.0105 e. The summed E-state index contributed by atoms with van der Waals surface area (Å²) in [6.45, 7) is 11.0. The Balaban J connectivity index is 3.83. The quantitative estimate of drug-likeness (QED) is 0.619. The van der Waals surface area contributed by atoms with Crippen molar-refractivity contribution in [2.45, 2.75) is 46.5 Å². The van der Waals surface area contributed by atoms with Gasteiger partial charge in [0.15, 0.2) is 0 Å². The summed E-state index contributed by atoms with van der Waals surface area (Å²) >= 11 is 0. The van der Waals surface area contributed by atoms with E-state index in [1.807, 2.05) is 0 Å². The molecule has 14 heavy (non-hydrogen) atoms. The second-order valence-electron chi connectivity index (χ2n) is 4.13. The lowest BCUT2D eigenvalue weighted by Crippen LogP contribution is -2.33. The third-order valence-electron chi connectivity index (χ3n) is 2.80. The Labute approximate surface area is 89.9 Å². The van der Waals surface area contributed by atoms with Crippen molar-refractivity contribution in [2.24, 2.45) is 11.7 Å². The van der Waals surface area contributed by atoms with E-state index in [9.17, 15) is 0 Å². The molecule has 0 aliphatic rings. The lowest BCUT2D eigenvalue weighted by atomic mass is 9.97. The predicted octanol–water partition coefficient (Wildman–Crippen LogP) is 2.48. The zero-order valence-electron chi connectivity index (χ0n) is 10.3. The fraction of sp³-hybridized carbons (Fsp3) is 1.00. The zero-order chi connectivity index (χ0) is 10.8. The molecule has 86 valence electrons. The summed E-state index contributed by atoms with van der Waals surface area (Å²) in [5.74, 6) is 0.886. The first-order chi connectivity index (χ1) is 6.78.